The Bertz CT molecular complexity index is 345. The molecule has 1 atom stereocenters. The number of nitriles is 1. The van der Waals surface area contributed by atoms with Crippen LogP contribution in [0, 0.1) is 17.2 Å². The third kappa shape index (κ3) is 3.16. The van der Waals surface area contributed by atoms with E-state index >= 15 is 0 Å². The van der Waals surface area contributed by atoms with Crippen molar-refractivity contribution in [1.82, 2.24) is 4.31 Å². The minimum Gasteiger partial charge on any atom is -0.377 e. The number of hydrogen-bond donors (Lipinski definition) is 0. The zero-order valence-corrected chi connectivity index (χ0v) is 9.83. The molecular formula is C9H16N2O3S. The maximum Gasteiger partial charge on any atom is 0.215 e. The van der Waals surface area contributed by atoms with Gasteiger partial charge in [0.25, 0.3) is 0 Å². The van der Waals surface area contributed by atoms with E-state index in [2.05, 4.69) is 0 Å². The van der Waals surface area contributed by atoms with Gasteiger partial charge in [-0.15, -0.1) is 0 Å². The summed E-state index contributed by atoms with van der Waals surface area (Å²) in [7, 11) is -3.31. The predicted molar refractivity (Wildman–Crippen MR) is 55.6 cm³/mol. The molecule has 0 amide bonds. The van der Waals surface area contributed by atoms with Crippen LogP contribution in [0.3, 0.4) is 0 Å². The molecule has 0 aromatic rings. The fourth-order valence-corrected chi connectivity index (χ4v) is 3.42. The Labute approximate surface area is 90.7 Å². The van der Waals surface area contributed by atoms with Gasteiger partial charge in [-0.1, -0.05) is 13.8 Å². The van der Waals surface area contributed by atoms with Crippen molar-refractivity contribution in [2.75, 3.05) is 25.5 Å². The van der Waals surface area contributed by atoms with Crippen molar-refractivity contribution in [2.24, 2.45) is 5.92 Å². The molecule has 0 aliphatic carbocycles. The van der Waals surface area contributed by atoms with Gasteiger partial charge in [0.15, 0.2) is 0 Å². The second-order valence-electron chi connectivity index (χ2n) is 4.00. The van der Waals surface area contributed by atoms with Crippen LogP contribution in [0.25, 0.3) is 0 Å². The van der Waals surface area contributed by atoms with E-state index in [1.807, 2.05) is 19.9 Å². The largest absolute Gasteiger partial charge is 0.377 e. The number of ether oxygens (including phenoxy) is 1. The fraction of sp³-hybridized carbons (Fsp3) is 0.889. The van der Waals surface area contributed by atoms with E-state index in [0.29, 0.717) is 6.61 Å². The highest BCUT2D eigenvalue weighted by Gasteiger charge is 2.33. The lowest BCUT2D eigenvalue weighted by Gasteiger charge is -2.30. The summed E-state index contributed by atoms with van der Waals surface area (Å²) in [5.74, 6) is 0.155. The Kier molecular flexibility index (Phi) is 4.08. The van der Waals surface area contributed by atoms with E-state index in [-0.39, 0.29) is 24.8 Å². The molecule has 1 aliphatic rings. The van der Waals surface area contributed by atoms with Crippen molar-refractivity contribution in [3.63, 3.8) is 0 Å². The van der Waals surface area contributed by atoms with E-state index in [1.165, 1.54) is 4.31 Å². The van der Waals surface area contributed by atoms with Gasteiger partial charge < -0.3 is 4.74 Å². The Morgan fingerprint density at radius 3 is 2.80 bits per heavy atom. The SMILES string of the molecule is CC(C)CS(=O)(=O)N1CCOC[C@@H]1C#N. The highest BCUT2D eigenvalue weighted by Crippen LogP contribution is 2.14. The molecule has 0 N–H and O–H groups in total. The normalized spacial score (nSPS) is 24.0. The molecule has 0 radical (unpaired) electrons. The summed E-state index contributed by atoms with van der Waals surface area (Å²) < 4.78 is 30.1. The zero-order chi connectivity index (χ0) is 11.5. The smallest absolute Gasteiger partial charge is 0.215 e. The Morgan fingerprint density at radius 2 is 2.27 bits per heavy atom. The summed E-state index contributed by atoms with van der Waals surface area (Å²) in [5.41, 5.74) is 0. The highest BCUT2D eigenvalue weighted by atomic mass is 32.2. The Morgan fingerprint density at radius 1 is 1.60 bits per heavy atom. The van der Waals surface area contributed by atoms with Crippen molar-refractivity contribution in [1.29, 1.82) is 5.26 Å². The van der Waals surface area contributed by atoms with E-state index in [0.717, 1.165) is 0 Å². The molecule has 6 heteroatoms. The van der Waals surface area contributed by atoms with Crippen LogP contribution >= 0.6 is 0 Å². The van der Waals surface area contributed by atoms with Crippen LogP contribution in [0.1, 0.15) is 13.8 Å². The minimum atomic E-state index is -3.31. The van der Waals surface area contributed by atoms with Crippen LogP contribution in [0.2, 0.25) is 0 Å². The van der Waals surface area contributed by atoms with Crippen LogP contribution in [-0.4, -0.2) is 44.3 Å². The first-order valence-corrected chi connectivity index (χ1v) is 6.55. The predicted octanol–water partition coefficient (Wildman–Crippen LogP) is 0.197. The zero-order valence-electron chi connectivity index (χ0n) is 9.01. The molecule has 1 heterocycles. The van der Waals surface area contributed by atoms with Gasteiger partial charge in [-0.2, -0.15) is 9.57 Å². The molecule has 1 rings (SSSR count). The van der Waals surface area contributed by atoms with Gasteiger partial charge >= 0.3 is 0 Å². The number of nitrogens with zero attached hydrogens (tertiary/aromatic N) is 2. The van der Waals surface area contributed by atoms with Crippen LogP contribution in [0.4, 0.5) is 0 Å². The lowest BCUT2D eigenvalue weighted by molar-refractivity contribution is 0.0510. The standard InChI is InChI=1S/C9H16N2O3S/c1-8(2)7-15(12,13)11-3-4-14-6-9(11)5-10/h8-9H,3-4,6-7H2,1-2H3/t9-/m0/s1. The molecule has 0 aromatic heterocycles. The quantitative estimate of drug-likeness (QED) is 0.696. The summed E-state index contributed by atoms with van der Waals surface area (Å²) in [4.78, 5) is 0. The molecule has 0 aromatic carbocycles. The average molecular weight is 232 g/mol. The second kappa shape index (κ2) is 4.92. The molecule has 1 aliphatic heterocycles. The Hall–Kier alpha value is -0.640. The first-order chi connectivity index (χ1) is 6.97. The van der Waals surface area contributed by atoms with Gasteiger partial charge in [0.2, 0.25) is 10.0 Å². The van der Waals surface area contributed by atoms with Gasteiger partial charge in [0.1, 0.15) is 6.04 Å². The van der Waals surface area contributed by atoms with Crippen molar-refractivity contribution in [2.45, 2.75) is 19.9 Å². The van der Waals surface area contributed by atoms with Crippen LogP contribution in [0.15, 0.2) is 0 Å². The molecular weight excluding hydrogens is 216 g/mol. The van der Waals surface area contributed by atoms with Crippen molar-refractivity contribution < 1.29 is 13.2 Å². The first-order valence-electron chi connectivity index (χ1n) is 4.94. The topological polar surface area (TPSA) is 70.4 Å². The summed E-state index contributed by atoms with van der Waals surface area (Å²) >= 11 is 0. The van der Waals surface area contributed by atoms with Crippen molar-refractivity contribution >= 4 is 10.0 Å². The van der Waals surface area contributed by atoms with Gasteiger partial charge in [-0.05, 0) is 5.92 Å². The highest BCUT2D eigenvalue weighted by molar-refractivity contribution is 7.89. The summed E-state index contributed by atoms with van der Waals surface area (Å²) in [5, 5.41) is 8.82. The molecule has 5 nitrogen and oxygen atoms in total. The van der Waals surface area contributed by atoms with Crippen LogP contribution in [-0.2, 0) is 14.8 Å². The van der Waals surface area contributed by atoms with E-state index in [1.54, 1.807) is 0 Å². The summed E-state index contributed by atoms with van der Waals surface area (Å²) in [6.07, 6.45) is 0. The molecule has 0 unspecified atom stereocenters. The van der Waals surface area contributed by atoms with Gasteiger partial charge in [-0.25, -0.2) is 8.42 Å². The fourth-order valence-electron chi connectivity index (χ4n) is 1.54. The van der Waals surface area contributed by atoms with Gasteiger partial charge in [-0.3, -0.25) is 0 Å². The minimum absolute atomic E-state index is 0.0668. The third-order valence-electron chi connectivity index (χ3n) is 2.13. The molecule has 15 heavy (non-hydrogen) atoms. The van der Waals surface area contributed by atoms with Gasteiger partial charge in [0, 0.05) is 6.54 Å². The third-order valence-corrected chi connectivity index (χ3v) is 4.37. The first kappa shape index (κ1) is 12.4. The molecule has 1 saturated heterocycles. The van der Waals surface area contributed by atoms with Gasteiger partial charge in [0.05, 0.1) is 25.0 Å². The number of hydrogen-bond acceptors (Lipinski definition) is 4. The van der Waals surface area contributed by atoms with E-state index in [9.17, 15) is 8.42 Å². The number of sulfonamides is 1. The summed E-state index contributed by atoms with van der Waals surface area (Å²) in [6.45, 7) is 4.52. The van der Waals surface area contributed by atoms with E-state index in [4.69, 9.17) is 10.00 Å². The molecule has 86 valence electrons. The maximum absolute atomic E-state index is 11.9. The second-order valence-corrected chi connectivity index (χ2v) is 5.97. The number of rotatable bonds is 3. The van der Waals surface area contributed by atoms with Crippen molar-refractivity contribution in [3.05, 3.63) is 0 Å². The maximum atomic E-state index is 11.9. The monoisotopic (exact) mass is 232 g/mol. The molecule has 0 bridgehead atoms. The lowest BCUT2D eigenvalue weighted by Crippen LogP contribution is -2.49. The summed E-state index contributed by atoms with van der Waals surface area (Å²) in [6, 6.07) is 1.29. The van der Waals surface area contributed by atoms with Crippen molar-refractivity contribution in [3.8, 4) is 6.07 Å². The van der Waals surface area contributed by atoms with Crippen LogP contribution in [0.5, 0.6) is 0 Å². The Balaban J connectivity index is 2.80. The van der Waals surface area contributed by atoms with E-state index < -0.39 is 16.1 Å². The lowest BCUT2D eigenvalue weighted by atomic mass is 10.3. The molecule has 0 saturated carbocycles. The average Bonchev–Trinajstić information content (AvgIpc) is 2.16. The van der Waals surface area contributed by atoms with Crippen LogP contribution < -0.4 is 0 Å². The number of morpholine rings is 1. The molecule has 0 spiro atoms. The molecule has 1 fully saturated rings.